The van der Waals surface area contributed by atoms with Crippen LogP contribution in [0.15, 0.2) is 0 Å². The Morgan fingerprint density at radius 2 is 1.64 bits per heavy atom. The molecule has 0 aromatic rings. The van der Waals surface area contributed by atoms with Crippen molar-refractivity contribution in [2.45, 2.75) is 18.5 Å². The van der Waals surface area contributed by atoms with E-state index in [2.05, 4.69) is 9.47 Å². The Hall–Kier alpha value is -0.200. The van der Waals surface area contributed by atoms with Crippen molar-refractivity contribution >= 4 is 0 Å². The minimum absolute atomic E-state index is 0.523. The van der Waals surface area contributed by atoms with E-state index in [0.717, 1.165) is 0 Å². The Morgan fingerprint density at radius 1 is 1.18 bits per heavy atom. The van der Waals surface area contributed by atoms with Crippen LogP contribution >= 0.6 is 0 Å². The van der Waals surface area contributed by atoms with Gasteiger partial charge in [-0.1, -0.05) is 0 Å². The van der Waals surface area contributed by atoms with E-state index in [1.807, 2.05) is 0 Å². The van der Waals surface area contributed by atoms with Crippen molar-refractivity contribution in [3.63, 3.8) is 0 Å². The molecular weight excluding hydrogens is 152 g/mol. The van der Waals surface area contributed by atoms with Gasteiger partial charge in [0.25, 0.3) is 0 Å². The Labute approximate surface area is 65.2 Å². The van der Waals surface area contributed by atoms with Crippen LogP contribution in [0.5, 0.6) is 0 Å². The maximum Gasteiger partial charge on any atom is 0.185 e. The zero-order valence-corrected chi connectivity index (χ0v) is 6.60. The third-order valence-corrected chi connectivity index (χ3v) is 1.32. The molecule has 0 fully saturated rings. The van der Waals surface area contributed by atoms with Crippen molar-refractivity contribution in [3.05, 3.63) is 0 Å². The molecule has 0 aliphatic heterocycles. The van der Waals surface area contributed by atoms with E-state index in [1.165, 1.54) is 14.2 Å². The molecule has 3 N–H and O–H groups in total. The Kier molecular flexibility index (Phi) is 5.35. The molecule has 0 spiro atoms. The monoisotopic (exact) mass is 166 g/mol. The van der Waals surface area contributed by atoms with E-state index in [0.29, 0.717) is 0 Å². The molecule has 0 saturated carbocycles. The van der Waals surface area contributed by atoms with Crippen LogP contribution < -0.4 is 0 Å². The second kappa shape index (κ2) is 5.45. The molecule has 0 aromatic heterocycles. The maximum absolute atomic E-state index is 9.12. The van der Waals surface area contributed by atoms with Gasteiger partial charge in [0.05, 0.1) is 6.61 Å². The van der Waals surface area contributed by atoms with Crippen LogP contribution in [0, 0.1) is 0 Å². The molecular formula is C6H14O5. The molecule has 0 aromatic carbocycles. The van der Waals surface area contributed by atoms with Gasteiger partial charge in [-0.3, -0.25) is 0 Å². The summed E-state index contributed by atoms with van der Waals surface area (Å²) in [5, 5.41) is 26.4. The number of methoxy groups -OCH3 is 2. The summed E-state index contributed by atoms with van der Waals surface area (Å²) in [6.07, 6.45) is -3.37. The number of rotatable bonds is 5. The fourth-order valence-corrected chi connectivity index (χ4v) is 0.664. The molecule has 0 bridgehead atoms. The van der Waals surface area contributed by atoms with Crippen LogP contribution in [0.2, 0.25) is 0 Å². The lowest BCUT2D eigenvalue weighted by Gasteiger charge is -2.22. The molecule has 0 heterocycles. The van der Waals surface area contributed by atoms with Crippen molar-refractivity contribution < 1.29 is 24.8 Å². The van der Waals surface area contributed by atoms with Gasteiger partial charge < -0.3 is 24.8 Å². The first kappa shape index (κ1) is 10.8. The SMILES string of the molecule is COC(OC)[C@@H](O)[C@@H](O)CO. The summed E-state index contributed by atoms with van der Waals surface area (Å²) in [6, 6.07) is 0. The first-order chi connectivity index (χ1) is 5.17. The zero-order chi connectivity index (χ0) is 8.85. The first-order valence-electron chi connectivity index (χ1n) is 3.20. The standard InChI is InChI=1S/C6H14O5/c1-10-6(11-2)5(9)4(8)3-7/h4-9H,3H2,1-2H3/t4-,5-/m0/s1. The van der Waals surface area contributed by atoms with Gasteiger partial charge in [0.1, 0.15) is 12.2 Å². The van der Waals surface area contributed by atoms with Crippen molar-refractivity contribution in [1.82, 2.24) is 0 Å². The van der Waals surface area contributed by atoms with E-state index in [-0.39, 0.29) is 0 Å². The Morgan fingerprint density at radius 3 is 1.91 bits per heavy atom. The van der Waals surface area contributed by atoms with Crippen LogP contribution in [0.3, 0.4) is 0 Å². The van der Waals surface area contributed by atoms with Gasteiger partial charge in [0.15, 0.2) is 6.29 Å². The summed E-state index contributed by atoms with van der Waals surface area (Å²) in [5.41, 5.74) is 0. The molecule has 0 radical (unpaired) electrons. The summed E-state index contributed by atoms with van der Waals surface area (Å²) in [6.45, 7) is -0.523. The van der Waals surface area contributed by atoms with Crippen molar-refractivity contribution in [2.75, 3.05) is 20.8 Å². The Balaban J connectivity index is 3.86. The van der Waals surface area contributed by atoms with E-state index in [4.69, 9.17) is 15.3 Å². The van der Waals surface area contributed by atoms with Crippen LogP contribution in [0.4, 0.5) is 0 Å². The predicted octanol–water partition coefficient (Wildman–Crippen LogP) is -1.68. The van der Waals surface area contributed by atoms with Gasteiger partial charge in [-0.2, -0.15) is 0 Å². The van der Waals surface area contributed by atoms with E-state index < -0.39 is 25.1 Å². The quantitative estimate of drug-likeness (QED) is 0.425. The molecule has 68 valence electrons. The normalized spacial score (nSPS) is 16.9. The molecule has 2 atom stereocenters. The predicted molar refractivity (Wildman–Crippen MR) is 36.9 cm³/mol. The summed E-state index contributed by atoms with van der Waals surface area (Å²) in [4.78, 5) is 0. The lowest BCUT2D eigenvalue weighted by atomic mass is 10.2. The second-order valence-corrected chi connectivity index (χ2v) is 2.08. The van der Waals surface area contributed by atoms with Crippen LogP contribution in [0.1, 0.15) is 0 Å². The number of hydrogen-bond acceptors (Lipinski definition) is 5. The van der Waals surface area contributed by atoms with Crippen LogP contribution in [-0.2, 0) is 9.47 Å². The van der Waals surface area contributed by atoms with Crippen molar-refractivity contribution in [1.29, 1.82) is 0 Å². The molecule has 11 heavy (non-hydrogen) atoms. The maximum atomic E-state index is 9.12. The second-order valence-electron chi connectivity index (χ2n) is 2.08. The molecule has 0 unspecified atom stereocenters. The van der Waals surface area contributed by atoms with E-state index >= 15 is 0 Å². The van der Waals surface area contributed by atoms with E-state index in [1.54, 1.807) is 0 Å². The molecule has 0 rings (SSSR count). The summed E-state index contributed by atoms with van der Waals surface area (Å²) < 4.78 is 9.28. The van der Waals surface area contributed by atoms with Crippen molar-refractivity contribution in [2.24, 2.45) is 0 Å². The van der Waals surface area contributed by atoms with Gasteiger partial charge in [-0.05, 0) is 0 Å². The van der Waals surface area contributed by atoms with Gasteiger partial charge in [-0.25, -0.2) is 0 Å². The third kappa shape index (κ3) is 3.13. The van der Waals surface area contributed by atoms with Gasteiger partial charge in [0, 0.05) is 14.2 Å². The van der Waals surface area contributed by atoms with Gasteiger partial charge >= 0.3 is 0 Å². The zero-order valence-electron chi connectivity index (χ0n) is 6.60. The molecule has 5 nitrogen and oxygen atoms in total. The van der Waals surface area contributed by atoms with Crippen molar-refractivity contribution in [3.8, 4) is 0 Å². The lowest BCUT2D eigenvalue weighted by Crippen LogP contribution is -2.41. The molecule has 0 saturated heterocycles. The average molecular weight is 166 g/mol. The highest BCUT2D eigenvalue weighted by Gasteiger charge is 2.25. The fourth-order valence-electron chi connectivity index (χ4n) is 0.664. The van der Waals surface area contributed by atoms with E-state index in [9.17, 15) is 0 Å². The van der Waals surface area contributed by atoms with Crippen LogP contribution in [0.25, 0.3) is 0 Å². The number of hydrogen-bond donors (Lipinski definition) is 3. The largest absolute Gasteiger partial charge is 0.394 e. The molecule has 0 aliphatic carbocycles. The summed E-state index contributed by atoms with van der Waals surface area (Å²) in [7, 11) is 2.67. The molecule has 5 heteroatoms. The lowest BCUT2D eigenvalue weighted by molar-refractivity contribution is -0.194. The number of ether oxygens (including phenoxy) is 2. The minimum Gasteiger partial charge on any atom is -0.394 e. The molecule has 0 amide bonds. The average Bonchev–Trinajstić information content (AvgIpc) is 2.05. The smallest absolute Gasteiger partial charge is 0.185 e. The summed E-state index contributed by atoms with van der Waals surface area (Å²) >= 11 is 0. The number of aliphatic hydroxyl groups excluding tert-OH is 3. The summed E-state index contributed by atoms with van der Waals surface area (Å²) in [5.74, 6) is 0. The third-order valence-electron chi connectivity index (χ3n) is 1.32. The number of aliphatic hydroxyl groups is 3. The topological polar surface area (TPSA) is 79.2 Å². The highest BCUT2D eigenvalue weighted by atomic mass is 16.7. The Bertz CT molecular complexity index is 93.0. The fraction of sp³-hybridized carbons (Fsp3) is 1.00. The minimum atomic E-state index is -1.24. The molecule has 0 aliphatic rings. The highest BCUT2D eigenvalue weighted by Crippen LogP contribution is 2.03. The highest BCUT2D eigenvalue weighted by molar-refractivity contribution is 4.68. The first-order valence-corrected chi connectivity index (χ1v) is 3.20. The van der Waals surface area contributed by atoms with Crippen LogP contribution in [-0.4, -0.2) is 54.6 Å². The van der Waals surface area contributed by atoms with Gasteiger partial charge in [-0.15, -0.1) is 0 Å². The van der Waals surface area contributed by atoms with Gasteiger partial charge in [0.2, 0.25) is 0 Å².